The average Bonchev–Trinajstić information content (AvgIpc) is 3.16. The highest BCUT2D eigenvalue weighted by molar-refractivity contribution is 7.10. The van der Waals surface area contributed by atoms with Gasteiger partial charge in [0.05, 0.1) is 24.9 Å². The lowest BCUT2D eigenvalue weighted by molar-refractivity contribution is -0.115. The molecule has 0 unspecified atom stereocenters. The van der Waals surface area contributed by atoms with Gasteiger partial charge in [0.25, 0.3) is 0 Å². The van der Waals surface area contributed by atoms with E-state index < -0.39 is 0 Å². The number of nitrogens with one attached hydrogen (secondary N) is 1. The van der Waals surface area contributed by atoms with Gasteiger partial charge in [0.2, 0.25) is 5.91 Å². The number of fused-ring (bicyclic) bond motifs is 1. The molecule has 0 atom stereocenters. The molecule has 4 nitrogen and oxygen atoms in total. The summed E-state index contributed by atoms with van der Waals surface area (Å²) in [6.45, 7) is 1.85. The molecule has 0 spiro atoms. The van der Waals surface area contributed by atoms with Gasteiger partial charge in [0, 0.05) is 23.5 Å². The van der Waals surface area contributed by atoms with Crippen molar-refractivity contribution in [3.8, 4) is 5.75 Å². The standard InChI is InChI=1S/C22H22N2O2S/c1-26-20-9-5-2-6-16(20)14-22(25)23-18-7-3-4-8-19(18)24-12-10-21-17(15-24)11-13-27-21/h2-9,11,13H,10,12,14-15H2,1H3,(H,23,25). The summed E-state index contributed by atoms with van der Waals surface area (Å²) in [6.07, 6.45) is 1.34. The number of para-hydroxylation sites is 3. The van der Waals surface area contributed by atoms with Gasteiger partial charge in [-0.05, 0) is 41.6 Å². The number of ether oxygens (including phenoxy) is 1. The molecule has 27 heavy (non-hydrogen) atoms. The number of hydrogen-bond acceptors (Lipinski definition) is 4. The third-order valence-electron chi connectivity index (χ3n) is 4.87. The molecule has 1 amide bonds. The number of benzene rings is 2. The fraction of sp³-hybridized carbons (Fsp3) is 0.227. The molecule has 0 bridgehead atoms. The topological polar surface area (TPSA) is 41.6 Å². The van der Waals surface area contributed by atoms with Crippen LogP contribution < -0.4 is 15.0 Å². The van der Waals surface area contributed by atoms with Crippen molar-refractivity contribution in [3.63, 3.8) is 0 Å². The molecule has 0 aliphatic carbocycles. The average molecular weight is 378 g/mol. The Bertz CT molecular complexity index is 951. The van der Waals surface area contributed by atoms with Gasteiger partial charge in [-0.1, -0.05) is 30.3 Å². The van der Waals surface area contributed by atoms with E-state index in [-0.39, 0.29) is 12.3 Å². The summed E-state index contributed by atoms with van der Waals surface area (Å²) in [5.74, 6) is 0.696. The van der Waals surface area contributed by atoms with Gasteiger partial charge in [0.1, 0.15) is 5.75 Å². The number of anilines is 2. The summed E-state index contributed by atoms with van der Waals surface area (Å²) < 4.78 is 5.35. The molecular formula is C22H22N2O2S. The van der Waals surface area contributed by atoms with Gasteiger partial charge < -0.3 is 15.0 Å². The summed E-state index contributed by atoms with van der Waals surface area (Å²) in [4.78, 5) is 16.5. The van der Waals surface area contributed by atoms with Crippen LogP contribution in [-0.4, -0.2) is 19.6 Å². The van der Waals surface area contributed by atoms with Gasteiger partial charge >= 0.3 is 0 Å². The highest BCUT2D eigenvalue weighted by Crippen LogP contribution is 2.32. The number of nitrogens with zero attached hydrogens (tertiary/aromatic N) is 1. The van der Waals surface area contributed by atoms with Crippen LogP contribution in [0.5, 0.6) is 5.75 Å². The number of methoxy groups -OCH3 is 1. The predicted molar refractivity (Wildman–Crippen MR) is 111 cm³/mol. The first kappa shape index (κ1) is 17.6. The Morgan fingerprint density at radius 3 is 2.85 bits per heavy atom. The normalized spacial score (nSPS) is 13.1. The van der Waals surface area contributed by atoms with Crippen molar-refractivity contribution < 1.29 is 9.53 Å². The van der Waals surface area contributed by atoms with Crippen molar-refractivity contribution in [1.82, 2.24) is 0 Å². The minimum Gasteiger partial charge on any atom is -0.496 e. The summed E-state index contributed by atoms with van der Waals surface area (Å²) in [7, 11) is 1.63. The molecule has 1 aromatic heterocycles. The van der Waals surface area contributed by atoms with Gasteiger partial charge in [-0.15, -0.1) is 11.3 Å². The van der Waals surface area contributed by atoms with Crippen LogP contribution in [0.4, 0.5) is 11.4 Å². The minimum atomic E-state index is -0.0415. The summed E-state index contributed by atoms with van der Waals surface area (Å²) >= 11 is 1.83. The molecule has 0 radical (unpaired) electrons. The molecule has 2 heterocycles. The van der Waals surface area contributed by atoms with Crippen molar-refractivity contribution in [2.45, 2.75) is 19.4 Å². The molecular weight excluding hydrogens is 356 g/mol. The first-order valence-corrected chi connectivity index (χ1v) is 9.93. The molecule has 0 fully saturated rings. The van der Waals surface area contributed by atoms with Crippen LogP contribution in [0.25, 0.3) is 0 Å². The molecule has 0 saturated heterocycles. The van der Waals surface area contributed by atoms with Crippen LogP contribution in [0.2, 0.25) is 0 Å². The van der Waals surface area contributed by atoms with Gasteiger partial charge in [-0.3, -0.25) is 4.79 Å². The van der Waals surface area contributed by atoms with Crippen LogP contribution in [0.15, 0.2) is 60.0 Å². The van der Waals surface area contributed by atoms with E-state index in [1.54, 1.807) is 7.11 Å². The van der Waals surface area contributed by atoms with E-state index in [1.807, 2.05) is 53.8 Å². The highest BCUT2D eigenvalue weighted by Gasteiger charge is 2.20. The van der Waals surface area contributed by atoms with Crippen molar-refractivity contribution in [1.29, 1.82) is 0 Å². The number of amides is 1. The maximum absolute atomic E-state index is 12.7. The zero-order chi connectivity index (χ0) is 18.6. The predicted octanol–water partition coefficient (Wildman–Crippen LogP) is 4.50. The molecule has 1 N–H and O–H groups in total. The second kappa shape index (κ2) is 7.84. The third-order valence-corrected chi connectivity index (χ3v) is 5.89. The fourth-order valence-electron chi connectivity index (χ4n) is 3.53. The molecule has 2 aromatic carbocycles. The number of hydrogen-bond donors (Lipinski definition) is 1. The molecule has 0 saturated carbocycles. The molecule has 4 rings (SSSR count). The van der Waals surface area contributed by atoms with Crippen molar-refractivity contribution in [2.75, 3.05) is 23.9 Å². The van der Waals surface area contributed by atoms with Crippen LogP contribution in [0, 0.1) is 0 Å². The number of carbonyl (C=O) groups excluding carboxylic acids is 1. The van der Waals surface area contributed by atoms with E-state index in [0.29, 0.717) is 0 Å². The number of thiophene rings is 1. The largest absolute Gasteiger partial charge is 0.496 e. The smallest absolute Gasteiger partial charge is 0.228 e. The lowest BCUT2D eigenvalue weighted by Gasteiger charge is -2.30. The second-order valence-corrected chi connectivity index (χ2v) is 7.60. The maximum atomic E-state index is 12.7. The summed E-state index contributed by atoms with van der Waals surface area (Å²) in [5, 5.41) is 5.25. The number of carbonyl (C=O) groups is 1. The van der Waals surface area contributed by atoms with Gasteiger partial charge in [0.15, 0.2) is 0 Å². The first-order chi connectivity index (χ1) is 13.2. The van der Waals surface area contributed by atoms with Crippen LogP contribution in [0.1, 0.15) is 16.0 Å². The Kier molecular flexibility index (Phi) is 5.12. The second-order valence-electron chi connectivity index (χ2n) is 6.59. The Hall–Kier alpha value is -2.79. The lowest BCUT2D eigenvalue weighted by atomic mass is 10.1. The van der Waals surface area contributed by atoms with Crippen molar-refractivity contribution >= 4 is 28.6 Å². The zero-order valence-corrected chi connectivity index (χ0v) is 16.1. The Balaban J connectivity index is 1.51. The van der Waals surface area contributed by atoms with E-state index in [0.717, 1.165) is 42.2 Å². The van der Waals surface area contributed by atoms with E-state index in [4.69, 9.17) is 4.74 Å². The summed E-state index contributed by atoms with van der Waals surface area (Å²) in [5.41, 5.74) is 4.20. The SMILES string of the molecule is COc1ccccc1CC(=O)Nc1ccccc1N1CCc2sccc2C1. The van der Waals surface area contributed by atoms with E-state index in [9.17, 15) is 4.79 Å². The highest BCUT2D eigenvalue weighted by atomic mass is 32.1. The lowest BCUT2D eigenvalue weighted by Crippen LogP contribution is -2.30. The molecule has 138 valence electrons. The quantitative estimate of drug-likeness (QED) is 0.711. The Morgan fingerprint density at radius 1 is 1.15 bits per heavy atom. The Morgan fingerprint density at radius 2 is 1.96 bits per heavy atom. The van der Waals surface area contributed by atoms with E-state index >= 15 is 0 Å². The van der Waals surface area contributed by atoms with E-state index in [1.165, 1.54) is 10.4 Å². The molecule has 5 heteroatoms. The van der Waals surface area contributed by atoms with Gasteiger partial charge in [-0.2, -0.15) is 0 Å². The molecule has 1 aliphatic rings. The van der Waals surface area contributed by atoms with Crippen LogP contribution in [0.3, 0.4) is 0 Å². The molecule has 1 aliphatic heterocycles. The Labute approximate surface area is 163 Å². The molecule has 3 aromatic rings. The monoisotopic (exact) mass is 378 g/mol. The van der Waals surface area contributed by atoms with Crippen molar-refractivity contribution in [3.05, 3.63) is 76.0 Å². The third kappa shape index (κ3) is 3.83. The summed E-state index contributed by atoms with van der Waals surface area (Å²) in [6, 6.07) is 17.9. The minimum absolute atomic E-state index is 0.0415. The van der Waals surface area contributed by atoms with Gasteiger partial charge in [-0.25, -0.2) is 0 Å². The fourth-order valence-corrected chi connectivity index (χ4v) is 4.42. The maximum Gasteiger partial charge on any atom is 0.228 e. The zero-order valence-electron chi connectivity index (χ0n) is 15.3. The van der Waals surface area contributed by atoms with Crippen LogP contribution in [-0.2, 0) is 24.2 Å². The number of rotatable bonds is 5. The van der Waals surface area contributed by atoms with Crippen LogP contribution >= 0.6 is 11.3 Å². The first-order valence-electron chi connectivity index (χ1n) is 9.05. The van der Waals surface area contributed by atoms with E-state index in [2.05, 4.69) is 27.7 Å². The van der Waals surface area contributed by atoms with Crippen molar-refractivity contribution in [2.24, 2.45) is 0 Å².